The minimum atomic E-state index is -4.51. The van der Waals surface area contributed by atoms with Gasteiger partial charge in [-0.3, -0.25) is 5.41 Å². The molecule has 1 aliphatic heterocycles. The third-order valence-corrected chi connectivity index (χ3v) is 3.44. The van der Waals surface area contributed by atoms with E-state index in [1.807, 2.05) is 4.90 Å². The number of rotatable bonds is 3. The summed E-state index contributed by atoms with van der Waals surface area (Å²) in [5, 5.41) is 7.33. The average molecular weight is 287 g/mol. The molecule has 4 nitrogen and oxygen atoms in total. The van der Waals surface area contributed by atoms with E-state index in [4.69, 9.17) is 15.9 Å². The minimum Gasteiger partial charge on any atom is -0.384 e. The van der Waals surface area contributed by atoms with E-state index in [-0.39, 0.29) is 11.7 Å². The van der Waals surface area contributed by atoms with Gasteiger partial charge in [0.2, 0.25) is 0 Å². The summed E-state index contributed by atoms with van der Waals surface area (Å²) in [5.74, 6) is -0.582. The zero-order valence-corrected chi connectivity index (χ0v) is 11.0. The van der Waals surface area contributed by atoms with Gasteiger partial charge in [0.1, 0.15) is 5.84 Å². The normalized spacial score (nSPS) is 19.4. The van der Waals surface area contributed by atoms with Crippen LogP contribution in [0.2, 0.25) is 0 Å². The summed E-state index contributed by atoms with van der Waals surface area (Å²) in [7, 11) is 1.61. The van der Waals surface area contributed by atoms with Crippen molar-refractivity contribution >= 4 is 11.5 Å². The van der Waals surface area contributed by atoms with Gasteiger partial charge in [-0.2, -0.15) is 13.2 Å². The molecular formula is C13H16F3N3O. The van der Waals surface area contributed by atoms with Gasteiger partial charge in [-0.25, -0.2) is 0 Å². The fourth-order valence-electron chi connectivity index (χ4n) is 2.35. The van der Waals surface area contributed by atoms with Crippen LogP contribution in [-0.2, 0) is 10.9 Å². The summed E-state index contributed by atoms with van der Waals surface area (Å²) >= 11 is 0. The first-order valence-corrected chi connectivity index (χ1v) is 6.16. The lowest BCUT2D eigenvalue weighted by Gasteiger charge is -2.21. The molecule has 2 rings (SSSR count). The van der Waals surface area contributed by atoms with Crippen LogP contribution in [-0.4, -0.2) is 32.1 Å². The van der Waals surface area contributed by atoms with Crippen molar-refractivity contribution in [1.82, 2.24) is 0 Å². The Morgan fingerprint density at radius 2 is 2.15 bits per heavy atom. The first-order chi connectivity index (χ1) is 9.32. The van der Waals surface area contributed by atoms with Gasteiger partial charge in [0, 0.05) is 31.5 Å². The summed E-state index contributed by atoms with van der Waals surface area (Å²) in [6, 6.07) is 3.71. The first kappa shape index (κ1) is 14.6. The molecule has 0 aromatic heterocycles. The average Bonchev–Trinajstić information content (AvgIpc) is 2.85. The Kier molecular flexibility index (Phi) is 3.89. The lowest BCUT2D eigenvalue weighted by molar-refractivity contribution is -0.137. The van der Waals surface area contributed by atoms with E-state index in [0.29, 0.717) is 18.8 Å². The van der Waals surface area contributed by atoms with Gasteiger partial charge in [0.05, 0.1) is 11.7 Å². The molecule has 1 heterocycles. The van der Waals surface area contributed by atoms with Crippen LogP contribution in [0.1, 0.15) is 17.5 Å². The van der Waals surface area contributed by atoms with Crippen LogP contribution >= 0.6 is 0 Å². The predicted octanol–water partition coefficient (Wildman–Crippen LogP) is 2.21. The Labute approximate surface area is 114 Å². The molecular weight excluding hydrogens is 271 g/mol. The fraction of sp³-hybridized carbons (Fsp3) is 0.462. The number of anilines is 1. The molecule has 0 bridgehead atoms. The molecule has 1 fully saturated rings. The molecule has 1 saturated heterocycles. The van der Waals surface area contributed by atoms with Gasteiger partial charge >= 0.3 is 6.18 Å². The number of alkyl halides is 3. The summed E-state index contributed by atoms with van der Waals surface area (Å²) < 4.78 is 43.8. The fourth-order valence-corrected chi connectivity index (χ4v) is 2.35. The molecule has 0 radical (unpaired) electrons. The lowest BCUT2D eigenvalue weighted by Crippen LogP contribution is -2.24. The molecule has 0 aliphatic carbocycles. The van der Waals surface area contributed by atoms with Gasteiger partial charge in [0.25, 0.3) is 0 Å². The second-order valence-electron chi connectivity index (χ2n) is 4.73. The van der Waals surface area contributed by atoms with Crippen LogP contribution in [0.3, 0.4) is 0 Å². The second-order valence-corrected chi connectivity index (χ2v) is 4.73. The van der Waals surface area contributed by atoms with Crippen molar-refractivity contribution in [2.24, 2.45) is 5.73 Å². The van der Waals surface area contributed by atoms with E-state index in [2.05, 4.69) is 0 Å². The number of amidine groups is 1. The Morgan fingerprint density at radius 3 is 2.65 bits per heavy atom. The number of ether oxygens (including phenoxy) is 1. The third-order valence-electron chi connectivity index (χ3n) is 3.44. The number of nitrogen functional groups attached to an aromatic ring is 1. The van der Waals surface area contributed by atoms with E-state index in [0.717, 1.165) is 12.5 Å². The number of hydrogen-bond donors (Lipinski definition) is 2. The van der Waals surface area contributed by atoms with Crippen molar-refractivity contribution in [1.29, 1.82) is 5.41 Å². The van der Waals surface area contributed by atoms with Gasteiger partial charge in [0.15, 0.2) is 0 Å². The molecule has 1 atom stereocenters. The number of nitrogens with one attached hydrogen (secondary N) is 1. The van der Waals surface area contributed by atoms with E-state index in [9.17, 15) is 13.2 Å². The monoisotopic (exact) mass is 287 g/mol. The first-order valence-electron chi connectivity index (χ1n) is 6.16. The largest absolute Gasteiger partial charge is 0.417 e. The highest BCUT2D eigenvalue weighted by atomic mass is 19.4. The van der Waals surface area contributed by atoms with Crippen molar-refractivity contribution < 1.29 is 17.9 Å². The number of methoxy groups -OCH3 is 1. The molecule has 110 valence electrons. The highest BCUT2D eigenvalue weighted by Crippen LogP contribution is 2.34. The van der Waals surface area contributed by atoms with E-state index in [1.54, 1.807) is 7.11 Å². The van der Waals surface area contributed by atoms with Crippen LogP contribution in [0.15, 0.2) is 18.2 Å². The van der Waals surface area contributed by atoms with E-state index >= 15 is 0 Å². The van der Waals surface area contributed by atoms with Crippen LogP contribution in [0, 0.1) is 5.41 Å². The Hall–Kier alpha value is -1.76. The van der Waals surface area contributed by atoms with Gasteiger partial charge < -0.3 is 15.4 Å². The molecule has 7 heteroatoms. The molecule has 0 spiro atoms. The number of nitrogens with two attached hydrogens (primary N) is 1. The second kappa shape index (κ2) is 5.32. The quantitative estimate of drug-likeness (QED) is 0.662. The van der Waals surface area contributed by atoms with Gasteiger partial charge in [-0.1, -0.05) is 0 Å². The molecule has 1 aliphatic rings. The summed E-state index contributed by atoms with van der Waals surface area (Å²) in [4.78, 5) is 1.93. The Balaban J connectivity index is 2.34. The zero-order chi connectivity index (χ0) is 14.9. The third kappa shape index (κ3) is 2.87. The Morgan fingerprint density at radius 1 is 1.45 bits per heavy atom. The molecule has 0 amide bonds. The van der Waals surface area contributed by atoms with E-state index < -0.39 is 17.6 Å². The molecule has 1 aromatic rings. The SMILES string of the molecule is COC1CCN(c2ccc(C(F)(F)F)c(C(=N)N)c2)C1. The van der Waals surface area contributed by atoms with Crippen molar-refractivity contribution in [2.75, 3.05) is 25.1 Å². The zero-order valence-electron chi connectivity index (χ0n) is 11.0. The van der Waals surface area contributed by atoms with Crippen molar-refractivity contribution in [3.63, 3.8) is 0 Å². The summed E-state index contributed by atoms with van der Waals surface area (Å²) in [6.45, 7) is 1.33. The Bertz CT molecular complexity index is 516. The molecule has 0 saturated carbocycles. The van der Waals surface area contributed by atoms with Crippen LogP contribution in [0.25, 0.3) is 0 Å². The van der Waals surface area contributed by atoms with Crippen LogP contribution < -0.4 is 10.6 Å². The maximum Gasteiger partial charge on any atom is 0.417 e. The van der Waals surface area contributed by atoms with Crippen molar-refractivity contribution in [3.05, 3.63) is 29.3 Å². The smallest absolute Gasteiger partial charge is 0.384 e. The van der Waals surface area contributed by atoms with Crippen molar-refractivity contribution in [2.45, 2.75) is 18.7 Å². The van der Waals surface area contributed by atoms with Crippen LogP contribution in [0.4, 0.5) is 18.9 Å². The van der Waals surface area contributed by atoms with E-state index in [1.165, 1.54) is 12.1 Å². The predicted molar refractivity (Wildman–Crippen MR) is 70.1 cm³/mol. The molecule has 1 unspecified atom stereocenters. The van der Waals surface area contributed by atoms with Gasteiger partial charge in [-0.05, 0) is 24.6 Å². The number of hydrogen-bond acceptors (Lipinski definition) is 3. The number of halogens is 3. The van der Waals surface area contributed by atoms with Crippen LogP contribution in [0.5, 0.6) is 0 Å². The highest BCUT2D eigenvalue weighted by Gasteiger charge is 2.34. The standard InChI is InChI=1S/C13H16F3N3O/c1-20-9-4-5-19(7-9)8-2-3-11(13(14,15)16)10(6-8)12(17)18/h2-3,6,9H,4-5,7H2,1H3,(H3,17,18). The number of benzene rings is 1. The highest BCUT2D eigenvalue weighted by molar-refractivity contribution is 5.97. The summed E-state index contributed by atoms with van der Waals surface area (Å²) in [6.07, 6.45) is -3.61. The topological polar surface area (TPSA) is 62.3 Å². The molecule has 20 heavy (non-hydrogen) atoms. The molecule has 3 N–H and O–H groups in total. The molecule has 1 aromatic carbocycles. The number of nitrogens with zero attached hydrogens (tertiary/aromatic N) is 1. The maximum atomic E-state index is 12.8. The van der Waals surface area contributed by atoms with Gasteiger partial charge in [-0.15, -0.1) is 0 Å². The maximum absolute atomic E-state index is 12.8. The summed E-state index contributed by atoms with van der Waals surface area (Å²) in [5.41, 5.74) is 4.74. The van der Waals surface area contributed by atoms with Crippen molar-refractivity contribution in [3.8, 4) is 0 Å². The lowest BCUT2D eigenvalue weighted by atomic mass is 10.0. The minimum absolute atomic E-state index is 0.0815.